The third-order valence-electron chi connectivity index (χ3n) is 15.1. The molecule has 36 nitrogen and oxygen atoms in total. The minimum absolute atomic E-state index is 0.0465. The van der Waals surface area contributed by atoms with Crippen LogP contribution in [0.25, 0.3) is 0 Å². The Morgan fingerprint density at radius 2 is 0.637 bits per heavy atom. The van der Waals surface area contributed by atoms with E-state index in [9.17, 15) is 65.7 Å². The highest BCUT2D eigenvalue weighted by Crippen LogP contribution is 2.35. The van der Waals surface area contributed by atoms with Crippen molar-refractivity contribution in [3.05, 3.63) is 112 Å². The average Bonchev–Trinajstić information content (AvgIpc) is 0.872. The topological polar surface area (TPSA) is 511 Å². The molecule has 0 unspecified atom stereocenters. The van der Waals surface area contributed by atoms with Crippen molar-refractivity contribution in [3.8, 4) is 0 Å². The summed E-state index contributed by atoms with van der Waals surface area (Å²) in [5.74, 6) is -6.25. The van der Waals surface area contributed by atoms with Crippen molar-refractivity contribution in [3.63, 3.8) is 0 Å². The third-order valence-corrected chi connectivity index (χ3v) is 22.3. The molecule has 0 aromatic heterocycles. The maximum absolute atomic E-state index is 11.2. The number of aliphatic hydroxyl groups is 1. The normalized spacial score (nSPS) is 10.4. The molecule has 40 heteroatoms. The summed E-state index contributed by atoms with van der Waals surface area (Å²) in [6.45, 7) is 45.1. The SMILES string of the molecule is C=C(C)C(=O)OCCCCCCCC.C=C(C)C(=O)OCCCCCCCCCCCCCCCC.C=C(C)C(=O)OCCC[Si](OC)(OC)OC.C=C(C)C(=O)OCCOP(=O)(O)O.C=CC(=O)NC(C)(C)CS(=O)(=O)O.C=CC(=O)OCCC(=O)O.C=CC(=O)OCCCCCC(=O)O.C=CC(=O)OCCC[Si](OC)(OC)OC.C=CC(=O)OCCO. The zero-order chi connectivity index (χ0) is 97.3. The van der Waals surface area contributed by atoms with Crippen LogP contribution in [0.3, 0.4) is 0 Å². The van der Waals surface area contributed by atoms with E-state index in [0.29, 0.717) is 87.5 Å². The molecule has 0 rings (SSSR count). The van der Waals surface area contributed by atoms with Crippen molar-refractivity contribution in [2.45, 2.75) is 246 Å². The molecule has 0 fully saturated rings. The van der Waals surface area contributed by atoms with Gasteiger partial charge >= 0.3 is 85.1 Å². The summed E-state index contributed by atoms with van der Waals surface area (Å²) in [7, 11) is -4.28. The summed E-state index contributed by atoms with van der Waals surface area (Å²) in [5, 5.41) is 26.8. The van der Waals surface area contributed by atoms with Gasteiger partial charge in [-0.1, -0.05) is 189 Å². The van der Waals surface area contributed by atoms with Crippen LogP contribution in [0.1, 0.15) is 229 Å². The minimum atomic E-state index is -4.46. The van der Waals surface area contributed by atoms with E-state index in [1.165, 1.54) is 130 Å². The zero-order valence-electron chi connectivity index (χ0n) is 76.4. The van der Waals surface area contributed by atoms with Crippen LogP contribution < -0.4 is 5.32 Å². The molecule has 0 saturated carbocycles. The van der Waals surface area contributed by atoms with Crippen LogP contribution in [-0.2, 0) is 136 Å². The molecule has 722 valence electrons. The summed E-state index contributed by atoms with van der Waals surface area (Å²) < 4.78 is 113. The van der Waals surface area contributed by atoms with Crippen LogP contribution >= 0.6 is 7.82 Å². The quantitative estimate of drug-likeness (QED) is 0.00565. The number of aliphatic carboxylic acids is 2. The monoisotopic (exact) mass is 1850 g/mol. The predicted octanol–water partition coefficient (Wildman–Crippen LogP) is 13.8. The number of aliphatic hydroxyl groups excluding tert-OH is 1. The molecule has 0 atom stereocenters. The number of amides is 1. The van der Waals surface area contributed by atoms with Gasteiger partial charge in [-0.2, -0.15) is 8.42 Å². The Bertz CT molecular complexity index is 3130. The second kappa shape index (κ2) is 91.2. The molecule has 1 amide bonds. The Labute approximate surface area is 740 Å². The lowest BCUT2D eigenvalue weighted by molar-refractivity contribution is -0.143. The summed E-state index contributed by atoms with van der Waals surface area (Å²) >= 11 is 0. The van der Waals surface area contributed by atoms with Gasteiger partial charge in [0.15, 0.2) is 0 Å². The summed E-state index contributed by atoms with van der Waals surface area (Å²) in [4.78, 5) is 133. The number of ether oxygens (including phenoxy) is 8. The summed E-state index contributed by atoms with van der Waals surface area (Å²) in [6.07, 6.45) is 34.7. The second-order valence-corrected chi connectivity index (χ2v) is 35.9. The fourth-order valence-electron chi connectivity index (χ4n) is 8.54. The van der Waals surface area contributed by atoms with Gasteiger partial charge in [0.2, 0.25) is 5.91 Å². The van der Waals surface area contributed by atoms with Gasteiger partial charge in [0.1, 0.15) is 19.8 Å². The molecule has 0 heterocycles. The fourth-order valence-corrected chi connectivity index (χ4v) is 13.2. The van der Waals surface area contributed by atoms with Crippen molar-refractivity contribution < 1.29 is 164 Å². The molecule has 0 aliphatic carbocycles. The maximum Gasteiger partial charge on any atom is 0.500 e. The first kappa shape index (κ1) is 134. The number of rotatable bonds is 63. The number of carboxylic acid groups (broad SMARTS) is 2. The number of hydrogen-bond donors (Lipinski definition) is 7. The Balaban J connectivity index is -0.000000173. The Morgan fingerprint density at radius 1 is 0.379 bits per heavy atom. The number of carboxylic acids is 2. The highest BCUT2D eigenvalue weighted by molar-refractivity contribution is 7.85. The minimum Gasteiger partial charge on any atom is -0.481 e. The standard InChI is InChI=1S/C20H38O2.C12H22O2.C10H20O5Si.C9H18O5Si.C9H14O4.C7H13NO4S.C6H11O6P.C6H8O4.C5H8O3/c1-4-5-6-7-8-9-10-11-12-13-14-15-16-17-18-22-20(21)19(2)3;1-4-5-6-7-8-9-10-14-12(13)11(2)3;1-9(2)10(11)15-7-6-8-16(12-3,13-4)14-5;1-5-9(10)14-7-6-8-15(11-2,12-3)13-4;1-2-9(12)13-7-5-3-4-6-8(10)11;1-4-6(9)8-7(2,3)5-13(10,11)12;1-5(2)6(7)11-3-4-12-13(8,9)10;1-2-6(9)10-4-3-5(7)8;1-2-5(7)8-4-3-6/h2,4-18H2,1,3H3;2,4-10H2,1,3H3;1,6-8H2,2-5H3;5H,1,6-8H2,2-4H3;2H,1,3-7H2,(H,10,11);4H,1,5H2,2-3H3,(H,8,9)(H,10,11,12);1,3-4H2,2H3,(H2,8,9,10);2H,1,3-4H2,(H,7,8);2,6H,1,3-4H2. The highest BCUT2D eigenvalue weighted by atomic mass is 32.2. The first-order valence-electron chi connectivity index (χ1n) is 40.6. The van der Waals surface area contributed by atoms with E-state index in [1.807, 2.05) is 0 Å². The van der Waals surface area contributed by atoms with E-state index >= 15 is 0 Å². The third kappa shape index (κ3) is 108. The van der Waals surface area contributed by atoms with Gasteiger partial charge in [0.05, 0.1) is 64.0 Å². The molecule has 0 aromatic rings. The van der Waals surface area contributed by atoms with E-state index < -0.39 is 94.5 Å². The number of carbonyl (C=O) groups is 11. The van der Waals surface area contributed by atoms with Crippen LogP contribution in [-0.4, -0.2) is 241 Å². The number of esters is 8. The molecule has 124 heavy (non-hydrogen) atoms. The highest BCUT2D eigenvalue weighted by Gasteiger charge is 2.38. The summed E-state index contributed by atoms with van der Waals surface area (Å²) in [5.41, 5.74) is 0.588. The molecule has 0 radical (unpaired) electrons. The lowest BCUT2D eigenvalue weighted by atomic mass is 10.0. The lowest BCUT2D eigenvalue weighted by Crippen LogP contribution is -2.47. The smallest absolute Gasteiger partial charge is 0.481 e. The number of nitrogens with one attached hydrogen (secondary N) is 1. The van der Waals surface area contributed by atoms with E-state index in [1.54, 1.807) is 63.4 Å². The lowest BCUT2D eigenvalue weighted by Gasteiger charge is -2.24. The van der Waals surface area contributed by atoms with Crippen LogP contribution in [0.5, 0.6) is 0 Å². The van der Waals surface area contributed by atoms with Gasteiger partial charge < -0.3 is 94.9 Å². The van der Waals surface area contributed by atoms with Crippen LogP contribution in [0.2, 0.25) is 12.1 Å². The van der Waals surface area contributed by atoms with E-state index in [4.69, 9.17) is 79.9 Å². The predicted molar refractivity (Wildman–Crippen MR) is 476 cm³/mol. The van der Waals surface area contributed by atoms with Crippen LogP contribution in [0.15, 0.2) is 112 Å². The molecular formula is C84H152NO35PSSi2. The second-order valence-electron chi connectivity index (χ2n) is 27.0. The molecule has 0 saturated heterocycles. The van der Waals surface area contributed by atoms with Gasteiger partial charge in [0, 0.05) is 108 Å². The Kier molecular flexibility index (Phi) is 98.6. The van der Waals surface area contributed by atoms with E-state index in [2.05, 4.69) is 97.1 Å². The van der Waals surface area contributed by atoms with Crippen LogP contribution in [0.4, 0.5) is 0 Å². The van der Waals surface area contributed by atoms with Gasteiger partial charge in [-0.05, 0) is 92.6 Å². The average molecular weight is 1860 g/mol. The summed E-state index contributed by atoms with van der Waals surface area (Å²) in [6, 6.07) is 1.22. The van der Waals surface area contributed by atoms with E-state index in [-0.39, 0.29) is 69.4 Å². The largest absolute Gasteiger partial charge is 0.500 e. The van der Waals surface area contributed by atoms with Crippen LogP contribution in [0, 0.1) is 0 Å². The maximum atomic E-state index is 11.2. The number of phosphoric acid groups is 1. The number of carbonyl (C=O) groups excluding carboxylic acids is 9. The number of phosphoric ester groups is 1. The first-order valence-corrected chi connectivity index (χ1v) is 47.6. The van der Waals surface area contributed by atoms with Crippen molar-refractivity contribution >= 4 is 101 Å². The van der Waals surface area contributed by atoms with Crippen molar-refractivity contribution in [2.24, 2.45) is 0 Å². The Morgan fingerprint density at radius 3 is 0.895 bits per heavy atom. The van der Waals surface area contributed by atoms with Crippen molar-refractivity contribution in [1.82, 2.24) is 5.32 Å². The fraction of sp³-hybridized carbons (Fsp3) is 0.655. The molecular weight excluding hydrogens is 1700 g/mol. The van der Waals surface area contributed by atoms with Crippen molar-refractivity contribution in [1.29, 1.82) is 0 Å². The van der Waals surface area contributed by atoms with Gasteiger partial charge in [-0.3, -0.25) is 23.5 Å². The van der Waals surface area contributed by atoms with E-state index in [0.717, 1.165) is 56.1 Å². The molecule has 7 N–H and O–H groups in total. The molecule has 0 aromatic carbocycles. The van der Waals surface area contributed by atoms with Gasteiger partial charge in [0.25, 0.3) is 10.1 Å². The molecule has 0 aliphatic heterocycles. The molecule has 0 aliphatic rings. The van der Waals surface area contributed by atoms with Crippen molar-refractivity contribution in [2.75, 3.05) is 114 Å². The Hall–Kier alpha value is -8.00. The number of unbranched alkanes of at least 4 members (excludes halogenated alkanes) is 20. The zero-order valence-corrected chi connectivity index (χ0v) is 80.1. The number of hydrogen-bond acceptors (Lipinski definition) is 30. The van der Waals surface area contributed by atoms with Gasteiger partial charge in [-0.15, -0.1) is 0 Å². The van der Waals surface area contributed by atoms with Gasteiger partial charge in [-0.25, -0.2) is 42.9 Å². The molecule has 0 spiro atoms. The first-order chi connectivity index (χ1) is 58.1. The molecule has 0 bridgehead atoms.